The van der Waals surface area contributed by atoms with Gasteiger partial charge in [0.25, 0.3) is 0 Å². The lowest BCUT2D eigenvalue weighted by Crippen LogP contribution is -2.25. The van der Waals surface area contributed by atoms with Crippen LogP contribution >= 0.6 is 11.8 Å². The lowest BCUT2D eigenvalue weighted by atomic mass is 10.1. The standard InChI is InChI=1S/C24H28N2O3S/c1-4-19(5-2)29-21-8-6-7-17(15-21)9-14-23(27)26-24-25-22(16-30-24)18-10-12-20(28-3)13-11-18/h6-15,19,22H,4-5,16H2,1-3H3,(H,25,26,27)/b14-9+. The zero-order chi connectivity index (χ0) is 21.3. The Morgan fingerprint density at radius 2 is 1.97 bits per heavy atom. The van der Waals surface area contributed by atoms with Crippen molar-refractivity contribution in [1.29, 1.82) is 0 Å². The van der Waals surface area contributed by atoms with Gasteiger partial charge < -0.3 is 14.8 Å². The highest BCUT2D eigenvalue weighted by atomic mass is 32.2. The van der Waals surface area contributed by atoms with Crippen LogP contribution in [0, 0.1) is 0 Å². The van der Waals surface area contributed by atoms with E-state index in [1.807, 2.05) is 48.5 Å². The molecular formula is C24H28N2O3S. The van der Waals surface area contributed by atoms with Crippen LogP contribution in [0.1, 0.15) is 43.9 Å². The minimum absolute atomic E-state index is 0.0408. The van der Waals surface area contributed by atoms with E-state index in [0.717, 1.165) is 41.2 Å². The Morgan fingerprint density at radius 1 is 1.20 bits per heavy atom. The Balaban J connectivity index is 1.57. The third-order valence-electron chi connectivity index (χ3n) is 4.88. The van der Waals surface area contributed by atoms with Crippen LogP contribution < -0.4 is 14.8 Å². The molecule has 1 amide bonds. The van der Waals surface area contributed by atoms with E-state index >= 15 is 0 Å². The first-order chi connectivity index (χ1) is 14.6. The molecule has 0 fully saturated rings. The summed E-state index contributed by atoms with van der Waals surface area (Å²) in [6.45, 7) is 4.23. The van der Waals surface area contributed by atoms with E-state index in [9.17, 15) is 4.79 Å². The Hall–Kier alpha value is -2.73. The molecule has 0 aromatic heterocycles. The van der Waals surface area contributed by atoms with Crippen LogP contribution in [-0.4, -0.2) is 30.0 Å². The second kappa shape index (κ2) is 10.9. The summed E-state index contributed by atoms with van der Waals surface area (Å²) in [6, 6.07) is 15.7. The third-order valence-corrected chi connectivity index (χ3v) is 5.84. The fourth-order valence-electron chi connectivity index (χ4n) is 3.10. The molecule has 1 aliphatic heterocycles. The van der Waals surface area contributed by atoms with E-state index < -0.39 is 0 Å². The van der Waals surface area contributed by atoms with Gasteiger partial charge in [0.2, 0.25) is 5.91 Å². The molecule has 1 atom stereocenters. The van der Waals surface area contributed by atoms with Gasteiger partial charge in [-0.1, -0.05) is 49.9 Å². The zero-order valence-electron chi connectivity index (χ0n) is 17.6. The first-order valence-electron chi connectivity index (χ1n) is 10.2. The quantitative estimate of drug-likeness (QED) is 0.589. The second-order valence-corrected chi connectivity index (χ2v) is 7.99. The fourth-order valence-corrected chi connectivity index (χ4v) is 4.05. The number of aliphatic imine (C=N–C) groups is 1. The summed E-state index contributed by atoms with van der Waals surface area (Å²) in [7, 11) is 1.65. The van der Waals surface area contributed by atoms with Crippen molar-refractivity contribution in [2.45, 2.75) is 38.8 Å². The van der Waals surface area contributed by atoms with Crippen molar-refractivity contribution in [3.8, 4) is 11.5 Å². The summed E-state index contributed by atoms with van der Waals surface area (Å²) < 4.78 is 11.2. The van der Waals surface area contributed by atoms with E-state index in [2.05, 4.69) is 24.2 Å². The summed E-state index contributed by atoms with van der Waals surface area (Å²) in [5, 5.41) is 3.52. The normalized spacial score (nSPS) is 16.0. The van der Waals surface area contributed by atoms with Crippen molar-refractivity contribution in [1.82, 2.24) is 5.32 Å². The van der Waals surface area contributed by atoms with Crippen molar-refractivity contribution in [3.63, 3.8) is 0 Å². The molecule has 2 aromatic rings. The highest BCUT2D eigenvalue weighted by molar-refractivity contribution is 8.14. The number of benzene rings is 2. The summed E-state index contributed by atoms with van der Waals surface area (Å²) in [5.74, 6) is 2.26. The van der Waals surface area contributed by atoms with Crippen LogP contribution in [0.25, 0.3) is 6.08 Å². The highest BCUT2D eigenvalue weighted by Gasteiger charge is 2.20. The first-order valence-corrected chi connectivity index (χ1v) is 11.2. The lowest BCUT2D eigenvalue weighted by molar-refractivity contribution is -0.115. The van der Waals surface area contributed by atoms with E-state index in [4.69, 9.17) is 9.47 Å². The molecule has 1 unspecified atom stereocenters. The molecule has 3 rings (SSSR count). The number of carbonyl (C=O) groups is 1. The minimum atomic E-state index is -0.192. The molecule has 1 N–H and O–H groups in total. The SMILES string of the molecule is CCC(CC)Oc1cccc(/C=C/C(=O)NC2=NC(c3ccc(OC)cc3)CS2)c1. The highest BCUT2D eigenvalue weighted by Crippen LogP contribution is 2.30. The average molecular weight is 425 g/mol. The van der Waals surface area contributed by atoms with Crippen LogP contribution in [0.3, 0.4) is 0 Å². The number of amidine groups is 1. The Bertz CT molecular complexity index is 905. The number of hydrogen-bond donors (Lipinski definition) is 1. The number of ether oxygens (including phenoxy) is 2. The number of thioether (sulfide) groups is 1. The molecule has 158 valence electrons. The molecule has 30 heavy (non-hydrogen) atoms. The predicted molar refractivity (Wildman–Crippen MR) is 124 cm³/mol. The molecular weight excluding hydrogens is 396 g/mol. The van der Waals surface area contributed by atoms with Crippen molar-refractivity contribution < 1.29 is 14.3 Å². The van der Waals surface area contributed by atoms with Gasteiger partial charge in [-0.25, -0.2) is 0 Å². The summed E-state index contributed by atoms with van der Waals surface area (Å²) in [4.78, 5) is 16.9. The van der Waals surface area contributed by atoms with Gasteiger partial charge >= 0.3 is 0 Å². The van der Waals surface area contributed by atoms with Crippen molar-refractivity contribution in [2.75, 3.05) is 12.9 Å². The molecule has 0 spiro atoms. The average Bonchev–Trinajstić information content (AvgIpc) is 3.24. The summed E-state index contributed by atoms with van der Waals surface area (Å²) >= 11 is 1.55. The molecule has 0 saturated carbocycles. The van der Waals surface area contributed by atoms with Gasteiger partial charge in [0.1, 0.15) is 11.5 Å². The predicted octanol–water partition coefficient (Wildman–Crippen LogP) is 5.24. The summed E-state index contributed by atoms with van der Waals surface area (Å²) in [5.41, 5.74) is 2.03. The van der Waals surface area contributed by atoms with Gasteiger partial charge in [0, 0.05) is 11.8 Å². The molecule has 0 saturated heterocycles. The van der Waals surface area contributed by atoms with Crippen LogP contribution in [0.2, 0.25) is 0 Å². The van der Waals surface area contributed by atoms with E-state index in [-0.39, 0.29) is 18.1 Å². The van der Waals surface area contributed by atoms with Crippen molar-refractivity contribution in [3.05, 3.63) is 65.7 Å². The Morgan fingerprint density at radius 3 is 2.67 bits per heavy atom. The number of rotatable bonds is 8. The minimum Gasteiger partial charge on any atom is -0.497 e. The van der Waals surface area contributed by atoms with Gasteiger partial charge in [-0.05, 0) is 54.3 Å². The maximum absolute atomic E-state index is 12.3. The number of methoxy groups -OCH3 is 1. The number of nitrogens with one attached hydrogen (secondary N) is 1. The maximum atomic E-state index is 12.3. The molecule has 0 bridgehead atoms. The summed E-state index contributed by atoms with van der Waals surface area (Å²) in [6.07, 6.45) is 5.46. The molecule has 5 nitrogen and oxygen atoms in total. The van der Waals surface area contributed by atoms with E-state index in [1.54, 1.807) is 24.9 Å². The smallest absolute Gasteiger partial charge is 0.249 e. The van der Waals surface area contributed by atoms with Gasteiger partial charge in [0.05, 0.1) is 19.3 Å². The molecule has 1 heterocycles. The molecule has 0 radical (unpaired) electrons. The second-order valence-electron chi connectivity index (χ2n) is 6.99. The topological polar surface area (TPSA) is 59.9 Å². The van der Waals surface area contributed by atoms with Crippen LogP contribution in [-0.2, 0) is 4.79 Å². The molecule has 0 aliphatic carbocycles. The third kappa shape index (κ3) is 6.13. The molecule has 2 aromatic carbocycles. The van der Waals surface area contributed by atoms with E-state index in [0.29, 0.717) is 5.17 Å². The van der Waals surface area contributed by atoms with Gasteiger partial charge in [-0.2, -0.15) is 0 Å². The van der Waals surface area contributed by atoms with Crippen LogP contribution in [0.4, 0.5) is 0 Å². The van der Waals surface area contributed by atoms with Crippen LogP contribution in [0.5, 0.6) is 11.5 Å². The zero-order valence-corrected chi connectivity index (χ0v) is 18.4. The van der Waals surface area contributed by atoms with Crippen LogP contribution in [0.15, 0.2) is 59.6 Å². The Labute approximate surface area is 182 Å². The van der Waals surface area contributed by atoms with Crippen molar-refractivity contribution in [2.24, 2.45) is 4.99 Å². The number of hydrogen-bond acceptors (Lipinski definition) is 5. The van der Waals surface area contributed by atoms with Gasteiger partial charge in [-0.15, -0.1) is 0 Å². The number of carbonyl (C=O) groups excluding carboxylic acids is 1. The monoisotopic (exact) mass is 424 g/mol. The fraction of sp³-hybridized carbons (Fsp3) is 0.333. The van der Waals surface area contributed by atoms with E-state index in [1.165, 1.54) is 6.08 Å². The first kappa shape index (κ1) is 22.0. The maximum Gasteiger partial charge on any atom is 0.249 e. The Kier molecular flexibility index (Phi) is 7.97. The number of amides is 1. The largest absolute Gasteiger partial charge is 0.497 e. The lowest BCUT2D eigenvalue weighted by Gasteiger charge is -2.15. The number of nitrogens with zero attached hydrogens (tertiary/aromatic N) is 1. The van der Waals surface area contributed by atoms with Crippen molar-refractivity contribution >= 4 is 28.9 Å². The molecule has 1 aliphatic rings. The molecule has 6 heteroatoms. The van der Waals surface area contributed by atoms with Gasteiger partial charge in [-0.3, -0.25) is 9.79 Å². The van der Waals surface area contributed by atoms with Gasteiger partial charge in [0.15, 0.2) is 5.17 Å².